The van der Waals surface area contributed by atoms with E-state index in [9.17, 15) is 17.6 Å². The Hall–Kier alpha value is -2.21. The SMILES string of the molecule is COC(=O)C(c1ccccc1)S(=O)(=O)c1ccc(F)cc1. The fourth-order valence-corrected chi connectivity index (χ4v) is 3.59. The van der Waals surface area contributed by atoms with Gasteiger partial charge < -0.3 is 4.74 Å². The van der Waals surface area contributed by atoms with Gasteiger partial charge in [-0.3, -0.25) is 4.79 Å². The number of carbonyl (C=O) groups is 1. The van der Waals surface area contributed by atoms with Crippen LogP contribution in [0.1, 0.15) is 10.8 Å². The van der Waals surface area contributed by atoms with E-state index in [4.69, 9.17) is 0 Å². The van der Waals surface area contributed by atoms with E-state index in [0.29, 0.717) is 5.56 Å². The molecule has 0 amide bonds. The minimum atomic E-state index is -4.02. The normalized spacial score (nSPS) is 12.7. The van der Waals surface area contributed by atoms with Gasteiger partial charge in [-0.1, -0.05) is 30.3 Å². The molecule has 1 atom stereocenters. The van der Waals surface area contributed by atoms with Crippen molar-refractivity contribution in [3.63, 3.8) is 0 Å². The zero-order valence-corrected chi connectivity index (χ0v) is 12.0. The van der Waals surface area contributed by atoms with E-state index in [2.05, 4.69) is 4.74 Å². The van der Waals surface area contributed by atoms with Crippen LogP contribution in [-0.2, 0) is 19.4 Å². The molecule has 0 aromatic heterocycles. The van der Waals surface area contributed by atoms with Gasteiger partial charge in [-0.2, -0.15) is 0 Å². The van der Waals surface area contributed by atoms with Gasteiger partial charge in [0.2, 0.25) is 0 Å². The Morgan fingerprint density at radius 2 is 1.62 bits per heavy atom. The Labute approximate surface area is 122 Å². The van der Waals surface area contributed by atoms with Gasteiger partial charge >= 0.3 is 5.97 Å². The first-order chi connectivity index (χ1) is 9.96. The molecule has 0 heterocycles. The summed E-state index contributed by atoms with van der Waals surface area (Å²) in [6.45, 7) is 0. The van der Waals surface area contributed by atoms with E-state index in [-0.39, 0.29) is 4.90 Å². The number of methoxy groups -OCH3 is 1. The van der Waals surface area contributed by atoms with Crippen LogP contribution < -0.4 is 0 Å². The molecule has 0 aliphatic rings. The van der Waals surface area contributed by atoms with Crippen LogP contribution in [0.3, 0.4) is 0 Å². The lowest BCUT2D eigenvalue weighted by Crippen LogP contribution is -2.23. The number of carbonyl (C=O) groups excluding carboxylic acids is 1. The van der Waals surface area contributed by atoms with Crippen LogP contribution in [0.5, 0.6) is 0 Å². The van der Waals surface area contributed by atoms with Gasteiger partial charge in [0.1, 0.15) is 5.82 Å². The summed E-state index contributed by atoms with van der Waals surface area (Å²) < 4.78 is 42.8. The minimum Gasteiger partial charge on any atom is -0.468 e. The molecule has 0 aliphatic carbocycles. The molecule has 1 unspecified atom stereocenters. The number of hydrogen-bond acceptors (Lipinski definition) is 4. The van der Waals surface area contributed by atoms with Crippen LogP contribution in [-0.4, -0.2) is 21.5 Å². The third-order valence-electron chi connectivity index (χ3n) is 2.97. The minimum absolute atomic E-state index is 0.136. The number of halogens is 1. The van der Waals surface area contributed by atoms with E-state index in [1.807, 2.05) is 0 Å². The second-order valence-electron chi connectivity index (χ2n) is 4.31. The Morgan fingerprint density at radius 1 is 1.05 bits per heavy atom. The number of esters is 1. The summed E-state index contributed by atoms with van der Waals surface area (Å²) in [7, 11) is -2.90. The number of ether oxygens (including phenoxy) is 1. The summed E-state index contributed by atoms with van der Waals surface area (Å²) in [5.41, 5.74) is 0.300. The van der Waals surface area contributed by atoms with Crippen molar-refractivity contribution >= 4 is 15.8 Å². The van der Waals surface area contributed by atoms with Crippen molar-refractivity contribution in [3.8, 4) is 0 Å². The average molecular weight is 308 g/mol. The van der Waals surface area contributed by atoms with E-state index in [0.717, 1.165) is 31.4 Å². The van der Waals surface area contributed by atoms with Crippen molar-refractivity contribution in [3.05, 3.63) is 66.0 Å². The van der Waals surface area contributed by atoms with Crippen molar-refractivity contribution in [1.82, 2.24) is 0 Å². The highest BCUT2D eigenvalue weighted by Crippen LogP contribution is 2.30. The topological polar surface area (TPSA) is 60.4 Å². The standard InChI is InChI=1S/C15H13FO4S/c1-20-15(17)14(11-5-3-2-4-6-11)21(18,19)13-9-7-12(16)8-10-13/h2-10,14H,1H3. The third-order valence-corrected chi connectivity index (χ3v) is 4.98. The zero-order valence-electron chi connectivity index (χ0n) is 11.2. The molecule has 4 nitrogen and oxygen atoms in total. The smallest absolute Gasteiger partial charge is 0.329 e. The molecule has 0 aliphatic heterocycles. The van der Waals surface area contributed by atoms with E-state index >= 15 is 0 Å². The lowest BCUT2D eigenvalue weighted by molar-refractivity contribution is -0.140. The van der Waals surface area contributed by atoms with Crippen LogP contribution in [0.4, 0.5) is 4.39 Å². The quantitative estimate of drug-likeness (QED) is 0.643. The molecule has 0 saturated heterocycles. The van der Waals surface area contributed by atoms with Crippen LogP contribution in [0.2, 0.25) is 0 Å². The fourth-order valence-electron chi connectivity index (χ4n) is 1.94. The van der Waals surface area contributed by atoms with E-state index in [1.165, 1.54) is 12.1 Å². The maximum atomic E-state index is 12.9. The highest BCUT2D eigenvalue weighted by molar-refractivity contribution is 7.92. The van der Waals surface area contributed by atoms with Gasteiger partial charge in [-0.25, -0.2) is 12.8 Å². The number of hydrogen-bond donors (Lipinski definition) is 0. The van der Waals surface area contributed by atoms with E-state index < -0.39 is 26.9 Å². The summed E-state index contributed by atoms with van der Waals surface area (Å²) in [5, 5.41) is -1.48. The van der Waals surface area contributed by atoms with Crippen molar-refractivity contribution in [1.29, 1.82) is 0 Å². The Kier molecular flexibility index (Phi) is 4.37. The maximum absolute atomic E-state index is 12.9. The van der Waals surface area contributed by atoms with Crippen LogP contribution in [0.15, 0.2) is 59.5 Å². The van der Waals surface area contributed by atoms with Gasteiger partial charge in [0.05, 0.1) is 12.0 Å². The first-order valence-corrected chi connectivity index (χ1v) is 7.63. The molecule has 0 bridgehead atoms. The monoisotopic (exact) mass is 308 g/mol. The van der Waals surface area contributed by atoms with Gasteiger partial charge in [-0.15, -0.1) is 0 Å². The first kappa shape index (κ1) is 15.2. The molecule has 0 spiro atoms. The number of sulfone groups is 1. The maximum Gasteiger partial charge on any atom is 0.329 e. The molecule has 0 fully saturated rings. The lowest BCUT2D eigenvalue weighted by Gasteiger charge is -2.16. The predicted molar refractivity (Wildman–Crippen MR) is 74.8 cm³/mol. The molecule has 0 saturated carbocycles. The summed E-state index contributed by atoms with van der Waals surface area (Å²) in [6.07, 6.45) is 0. The largest absolute Gasteiger partial charge is 0.468 e. The van der Waals surface area contributed by atoms with Crippen molar-refractivity contribution in [2.75, 3.05) is 7.11 Å². The van der Waals surface area contributed by atoms with Gasteiger partial charge in [0.15, 0.2) is 15.1 Å². The second kappa shape index (κ2) is 6.05. The Morgan fingerprint density at radius 3 is 2.14 bits per heavy atom. The Balaban J connectivity index is 2.55. The van der Waals surface area contributed by atoms with E-state index in [1.54, 1.807) is 18.2 Å². The summed E-state index contributed by atoms with van der Waals surface area (Å²) in [5.74, 6) is -1.44. The summed E-state index contributed by atoms with van der Waals surface area (Å²) in [4.78, 5) is 11.8. The molecular weight excluding hydrogens is 295 g/mol. The zero-order chi connectivity index (χ0) is 15.5. The highest BCUT2D eigenvalue weighted by Gasteiger charge is 2.36. The third kappa shape index (κ3) is 3.11. The average Bonchev–Trinajstić information content (AvgIpc) is 2.48. The Bertz CT molecular complexity index is 724. The highest BCUT2D eigenvalue weighted by atomic mass is 32.2. The number of rotatable bonds is 4. The molecule has 2 rings (SSSR count). The van der Waals surface area contributed by atoms with Gasteiger partial charge in [-0.05, 0) is 29.8 Å². The molecular formula is C15H13FO4S. The lowest BCUT2D eigenvalue weighted by atomic mass is 10.1. The fraction of sp³-hybridized carbons (Fsp3) is 0.133. The molecule has 0 radical (unpaired) electrons. The molecule has 110 valence electrons. The predicted octanol–water partition coefficient (Wildman–Crippen LogP) is 2.51. The summed E-state index contributed by atoms with van der Waals surface area (Å²) >= 11 is 0. The van der Waals surface area contributed by atoms with Gasteiger partial charge in [0, 0.05) is 0 Å². The van der Waals surface area contributed by atoms with Crippen molar-refractivity contribution < 1.29 is 22.3 Å². The molecule has 0 N–H and O–H groups in total. The molecule has 21 heavy (non-hydrogen) atoms. The van der Waals surface area contributed by atoms with Crippen LogP contribution in [0.25, 0.3) is 0 Å². The molecule has 6 heteroatoms. The molecule has 2 aromatic rings. The first-order valence-electron chi connectivity index (χ1n) is 6.09. The van der Waals surface area contributed by atoms with Gasteiger partial charge in [0.25, 0.3) is 0 Å². The van der Waals surface area contributed by atoms with Crippen molar-refractivity contribution in [2.24, 2.45) is 0 Å². The summed E-state index contributed by atoms with van der Waals surface area (Å²) in [6, 6.07) is 12.4. The van der Waals surface area contributed by atoms with Crippen molar-refractivity contribution in [2.45, 2.75) is 10.1 Å². The van der Waals surface area contributed by atoms with Crippen LogP contribution in [0, 0.1) is 5.82 Å². The second-order valence-corrected chi connectivity index (χ2v) is 6.35. The van der Waals surface area contributed by atoms with Crippen LogP contribution >= 0.6 is 0 Å². The number of benzene rings is 2. The molecule has 2 aromatic carbocycles.